The van der Waals surface area contributed by atoms with Crippen LogP contribution in [0.25, 0.3) is 0 Å². The van der Waals surface area contributed by atoms with E-state index in [1.165, 1.54) is 36.2 Å². The van der Waals surface area contributed by atoms with Gasteiger partial charge in [-0.15, -0.1) is 23.1 Å². The number of β-lactam (4-membered cyclic amide) rings is 1. The van der Waals surface area contributed by atoms with E-state index in [0.29, 0.717) is 5.56 Å². The molecular formula is C22H21N5O8S2. The number of benzene rings is 1. The maximum atomic E-state index is 13.1. The Bertz CT molecular complexity index is 1310. The number of phenols is 1. The third-order valence-corrected chi connectivity index (χ3v) is 7.30. The molecule has 2 aromatic rings. The number of aromatic nitrogens is 1. The number of amides is 2. The summed E-state index contributed by atoms with van der Waals surface area (Å²) in [6, 6.07) is 5.17. The number of anilines is 1. The molecule has 5 N–H and O–H groups in total. The first kappa shape index (κ1) is 26.0. The summed E-state index contributed by atoms with van der Waals surface area (Å²) in [6.07, 6.45) is 0. The molecule has 0 saturated carbocycles. The van der Waals surface area contributed by atoms with E-state index in [1.54, 1.807) is 12.1 Å². The molecule has 37 heavy (non-hydrogen) atoms. The van der Waals surface area contributed by atoms with Crippen LogP contribution in [0.5, 0.6) is 5.75 Å². The standard InChI is InChI=1S/C22H21N5O8S2/c1-10(28)34-7-12-8-36-20-16(19(31)27(20)17(12)21(32)33)25-18(30)15(14-9-37-22(23)24-14)26-35-6-11-2-4-13(29)5-3-11/h2-5,9,16,20,29H,6-8H2,1H3,(H2,23,24)(H,25,30)(H,32,33)/b26-15-/t16-,20-/m1/s1. The minimum atomic E-state index is -1.34. The van der Waals surface area contributed by atoms with Crippen molar-refractivity contribution < 1.29 is 39.0 Å². The Morgan fingerprint density at radius 1 is 1.27 bits per heavy atom. The summed E-state index contributed by atoms with van der Waals surface area (Å²) < 4.78 is 4.91. The van der Waals surface area contributed by atoms with Gasteiger partial charge in [-0.3, -0.25) is 19.3 Å². The van der Waals surface area contributed by atoms with E-state index < -0.39 is 35.2 Å². The number of oxime groups is 1. The van der Waals surface area contributed by atoms with Crippen molar-refractivity contribution in [2.24, 2.45) is 5.16 Å². The van der Waals surface area contributed by atoms with E-state index >= 15 is 0 Å². The monoisotopic (exact) mass is 547 g/mol. The van der Waals surface area contributed by atoms with E-state index in [2.05, 4.69) is 15.5 Å². The number of nitrogens with one attached hydrogen (secondary N) is 1. The lowest BCUT2D eigenvalue weighted by Gasteiger charge is -2.49. The van der Waals surface area contributed by atoms with Crippen molar-refractivity contribution in [2.75, 3.05) is 18.1 Å². The molecular weight excluding hydrogens is 526 g/mol. The van der Waals surface area contributed by atoms with Crippen LogP contribution in [-0.4, -0.2) is 73.3 Å². The van der Waals surface area contributed by atoms with E-state index in [1.807, 2.05) is 0 Å². The van der Waals surface area contributed by atoms with Gasteiger partial charge < -0.3 is 30.8 Å². The Morgan fingerprint density at radius 3 is 2.62 bits per heavy atom. The second-order valence-electron chi connectivity index (χ2n) is 7.85. The predicted molar refractivity (Wildman–Crippen MR) is 132 cm³/mol. The summed E-state index contributed by atoms with van der Waals surface area (Å²) in [7, 11) is 0. The molecule has 0 unspecified atom stereocenters. The Balaban J connectivity index is 1.49. The van der Waals surface area contributed by atoms with E-state index in [4.69, 9.17) is 15.3 Å². The minimum Gasteiger partial charge on any atom is -0.508 e. The number of esters is 1. The number of thiazole rings is 1. The maximum absolute atomic E-state index is 13.1. The van der Waals surface area contributed by atoms with Gasteiger partial charge in [-0.1, -0.05) is 17.3 Å². The molecule has 0 bridgehead atoms. The first-order chi connectivity index (χ1) is 17.7. The van der Waals surface area contributed by atoms with Crippen molar-refractivity contribution in [3.05, 3.63) is 52.2 Å². The number of nitrogens with two attached hydrogens (primary N) is 1. The van der Waals surface area contributed by atoms with Gasteiger partial charge in [0.15, 0.2) is 10.8 Å². The summed E-state index contributed by atoms with van der Waals surface area (Å²) in [5, 5.41) is 26.6. The summed E-state index contributed by atoms with van der Waals surface area (Å²) in [4.78, 5) is 59.5. The van der Waals surface area contributed by atoms with Crippen molar-refractivity contribution in [1.82, 2.24) is 15.2 Å². The molecule has 13 nitrogen and oxygen atoms in total. The van der Waals surface area contributed by atoms with Crippen LogP contribution in [0.2, 0.25) is 0 Å². The Hall–Kier alpha value is -4.11. The van der Waals surface area contributed by atoms with Crippen molar-refractivity contribution in [1.29, 1.82) is 0 Å². The number of aromatic hydroxyl groups is 1. The summed E-state index contributed by atoms with van der Waals surface area (Å²) in [5.41, 5.74) is 6.32. The van der Waals surface area contributed by atoms with Gasteiger partial charge in [0.1, 0.15) is 41.8 Å². The quantitative estimate of drug-likeness (QED) is 0.149. The van der Waals surface area contributed by atoms with Gasteiger partial charge in [0, 0.05) is 23.6 Å². The van der Waals surface area contributed by atoms with Gasteiger partial charge in [0.05, 0.1) is 0 Å². The maximum Gasteiger partial charge on any atom is 0.352 e. The van der Waals surface area contributed by atoms with Crippen molar-refractivity contribution >= 4 is 57.7 Å². The normalized spacial score (nSPS) is 19.1. The molecule has 194 valence electrons. The van der Waals surface area contributed by atoms with Crippen molar-refractivity contribution in [2.45, 2.75) is 24.9 Å². The van der Waals surface area contributed by atoms with Crippen molar-refractivity contribution in [3.63, 3.8) is 0 Å². The molecule has 4 rings (SSSR count). The van der Waals surface area contributed by atoms with Gasteiger partial charge >= 0.3 is 11.9 Å². The molecule has 2 atom stereocenters. The molecule has 2 aliphatic heterocycles. The molecule has 1 aromatic carbocycles. The van der Waals surface area contributed by atoms with Crippen LogP contribution in [0.1, 0.15) is 18.2 Å². The molecule has 1 saturated heterocycles. The van der Waals surface area contributed by atoms with Crippen LogP contribution in [0.3, 0.4) is 0 Å². The highest BCUT2D eigenvalue weighted by atomic mass is 32.2. The fraction of sp³-hybridized carbons (Fsp3) is 0.273. The van der Waals surface area contributed by atoms with Gasteiger partial charge in [-0.05, 0) is 17.7 Å². The minimum absolute atomic E-state index is 0.0107. The van der Waals surface area contributed by atoms with Crippen LogP contribution >= 0.6 is 23.1 Å². The predicted octanol–water partition coefficient (Wildman–Crippen LogP) is 0.654. The molecule has 2 aliphatic rings. The van der Waals surface area contributed by atoms with Gasteiger partial charge in [-0.2, -0.15) is 0 Å². The molecule has 0 aliphatic carbocycles. The SMILES string of the molecule is CC(=O)OCC1=C(C(=O)O)N2C(=O)[C@@H](NC(=O)/C(=N\OCc3ccc(O)cc3)c3csc(N)n3)[C@H]2SC1. The number of aliphatic carboxylic acids is 1. The number of hydrogen-bond acceptors (Lipinski definition) is 12. The largest absolute Gasteiger partial charge is 0.508 e. The lowest BCUT2D eigenvalue weighted by atomic mass is 10.0. The van der Waals surface area contributed by atoms with Crippen LogP contribution in [0.4, 0.5) is 5.13 Å². The number of ether oxygens (including phenoxy) is 1. The number of rotatable bonds is 9. The van der Waals surface area contributed by atoms with Crippen LogP contribution < -0.4 is 11.1 Å². The van der Waals surface area contributed by atoms with E-state index in [9.17, 15) is 29.4 Å². The molecule has 1 aromatic heterocycles. The zero-order valence-corrected chi connectivity index (χ0v) is 20.9. The van der Waals surface area contributed by atoms with Gasteiger partial charge in [-0.25, -0.2) is 9.78 Å². The number of carboxylic acids is 1. The van der Waals surface area contributed by atoms with Gasteiger partial charge in [0.2, 0.25) is 0 Å². The number of phenolic OH excluding ortho intramolecular Hbond substituents is 1. The Kier molecular flexibility index (Phi) is 7.63. The highest BCUT2D eigenvalue weighted by Crippen LogP contribution is 2.40. The lowest BCUT2D eigenvalue weighted by molar-refractivity contribution is -0.150. The number of hydrogen-bond donors (Lipinski definition) is 4. The van der Waals surface area contributed by atoms with Crippen LogP contribution in [-0.2, 0) is 35.4 Å². The Labute approximate surface area is 217 Å². The third-order valence-electron chi connectivity index (χ3n) is 5.29. The summed E-state index contributed by atoms with van der Waals surface area (Å²) >= 11 is 2.31. The smallest absolute Gasteiger partial charge is 0.352 e. The average Bonchev–Trinajstić information content (AvgIpc) is 3.29. The summed E-state index contributed by atoms with van der Waals surface area (Å²) in [6.45, 7) is 0.935. The number of nitrogen functional groups attached to an aromatic ring is 1. The first-order valence-corrected chi connectivity index (χ1v) is 12.6. The lowest BCUT2D eigenvalue weighted by Crippen LogP contribution is -2.71. The highest BCUT2D eigenvalue weighted by Gasteiger charge is 2.54. The fourth-order valence-corrected chi connectivity index (χ4v) is 5.43. The first-order valence-electron chi connectivity index (χ1n) is 10.7. The average molecular weight is 548 g/mol. The molecule has 3 heterocycles. The zero-order chi connectivity index (χ0) is 26.7. The topological polar surface area (TPSA) is 194 Å². The number of fused-ring (bicyclic) bond motifs is 1. The molecule has 0 radical (unpaired) electrons. The molecule has 15 heteroatoms. The van der Waals surface area contributed by atoms with Crippen molar-refractivity contribution in [3.8, 4) is 5.75 Å². The number of carbonyl (C=O) groups is 4. The van der Waals surface area contributed by atoms with E-state index in [-0.39, 0.29) is 52.5 Å². The van der Waals surface area contributed by atoms with Crippen LogP contribution in [0.15, 0.2) is 46.1 Å². The second kappa shape index (κ2) is 10.9. The molecule has 0 spiro atoms. The fourth-order valence-electron chi connectivity index (χ4n) is 3.56. The number of carboxylic acid groups (broad SMARTS) is 1. The molecule has 1 fully saturated rings. The Morgan fingerprint density at radius 2 is 2.00 bits per heavy atom. The molecule has 2 amide bonds. The van der Waals surface area contributed by atoms with Crippen LogP contribution in [0, 0.1) is 0 Å². The van der Waals surface area contributed by atoms with E-state index in [0.717, 1.165) is 16.2 Å². The highest BCUT2D eigenvalue weighted by molar-refractivity contribution is 8.00. The van der Waals surface area contributed by atoms with Gasteiger partial charge in [0.25, 0.3) is 11.8 Å². The zero-order valence-electron chi connectivity index (χ0n) is 19.2. The third kappa shape index (κ3) is 5.67. The number of carbonyl (C=O) groups excluding carboxylic acids is 3. The number of nitrogens with zero attached hydrogens (tertiary/aromatic N) is 3. The second-order valence-corrected chi connectivity index (χ2v) is 9.84. The summed E-state index contributed by atoms with van der Waals surface area (Å²) in [5.74, 6) is -3.04. The number of thioether (sulfide) groups is 1.